The topological polar surface area (TPSA) is 56.8 Å². The second-order valence-corrected chi connectivity index (χ2v) is 8.20. The summed E-state index contributed by atoms with van der Waals surface area (Å²) in [6, 6.07) is 11.7. The molecule has 28 heavy (non-hydrogen) atoms. The Morgan fingerprint density at radius 1 is 1.21 bits per heavy atom. The molecule has 1 aliphatic heterocycles. The Balaban J connectivity index is 1.68. The first kappa shape index (κ1) is 20.1. The van der Waals surface area contributed by atoms with E-state index in [9.17, 15) is 4.79 Å². The molecular weight excluding hydrogens is 354 g/mol. The molecule has 0 aliphatic carbocycles. The summed E-state index contributed by atoms with van der Waals surface area (Å²) < 4.78 is 16.9. The van der Waals surface area contributed by atoms with Gasteiger partial charge in [0.1, 0.15) is 17.2 Å². The zero-order valence-corrected chi connectivity index (χ0v) is 17.3. The molecule has 5 heteroatoms. The molecule has 150 valence electrons. The highest BCUT2D eigenvalue weighted by atomic mass is 16.5. The van der Waals surface area contributed by atoms with Gasteiger partial charge >= 0.3 is 0 Å². The average Bonchev–Trinajstić information content (AvgIpc) is 2.66. The Morgan fingerprint density at radius 3 is 2.71 bits per heavy atom. The molecule has 1 heterocycles. The maximum absolute atomic E-state index is 12.6. The number of hydrogen-bond donors (Lipinski definition) is 1. The van der Waals surface area contributed by atoms with Crippen molar-refractivity contribution in [2.24, 2.45) is 0 Å². The molecule has 1 atom stereocenters. The van der Waals surface area contributed by atoms with E-state index in [2.05, 4.69) is 32.2 Å². The van der Waals surface area contributed by atoms with Crippen LogP contribution in [0.4, 0.5) is 0 Å². The molecule has 2 aromatic carbocycles. The number of nitrogens with one attached hydrogen (secondary N) is 1. The number of amides is 1. The van der Waals surface area contributed by atoms with Crippen LogP contribution in [-0.2, 0) is 10.2 Å². The van der Waals surface area contributed by atoms with Crippen LogP contribution in [0.25, 0.3) is 0 Å². The van der Waals surface area contributed by atoms with Crippen LogP contribution in [0.2, 0.25) is 0 Å². The van der Waals surface area contributed by atoms with Crippen LogP contribution < -0.4 is 19.5 Å². The van der Waals surface area contributed by atoms with Gasteiger partial charge in [-0.25, -0.2) is 0 Å². The number of hydrogen-bond acceptors (Lipinski definition) is 4. The number of carbonyl (C=O) groups excluding carboxylic acids is 1. The van der Waals surface area contributed by atoms with Crippen LogP contribution in [0.3, 0.4) is 0 Å². The van der Waals surface area contributed by atoms with E-state index in [0.717, 1.165) is 34.6 Å². The Morgan fingerprint density at radius 2 is 2.00 bits per heavy atom. The van der Waals surface area contributed by atoms with Crippen LogP contribution in [0.5, 0.6) is 17.2 Å². The van der Waals surface area contributed by atoms with Gasteiger partial charge in [0.2, 0.25) is 0 Å². The van der Waals surface area contributed by atoms with Crippen LogP contribution in [0.1, 0.15) is 49.9 Å². The highest BCUT2D eigenvalue weighted by molar-refractivity contribution is 5.78. The normalized spacial score (nSPS) is 16.0. The molecule has 1 amide bonds. The lowest BCUT2D eigenvalue weighted by Gasteiger charge is -2.27. The molecule has 5 nitrogen and oxygen atoms in total. The van der Waals surface area contributed by atoms with Gasteiger partial charge in [-0.2, -0.15) is 0 Å². The van der Waals surface area contributed by atoms with E-state index in [0.29, 0.717) is 12.4 Å². The van der Waals surface area contributed by atoms with E-state index in [1.165, 1.54) is 0 Å². The fourth-order valence-electron chi connectivity index (χ4n) is 3.39. The average molecular weight is 383 g/mol. The minimum absolute atomic E-state index is 0.0338. The first-order valence-corrected chi connectivity index (χ1v) is 9.62. The van der Waals surface area contributed by atoms with Crippen molar-refractivity contribution in [2.45, 2.75) is 45.6 Å². The number of fused-ring (bicyclic) bond motifs is 1. The standard InChI is InChI=1S/C23H29NO4/c1-15-6-8-20-17(12-15)19(10-11-27-20)24-22(25)14-28-21-9-7-16(26-5)13-18(21)23(2,3)4/h6-9,12-13,19H,10-11,14H2,1-5H3,(H,24,25). The number of benzene rings is 2. The van der Waals surface area contributed by atoms with Gasteiger partial charge in [-0.3, -0.25) is 4.79 Å². The molecule has 0 saturated carbocycles. The van der Waals surface area contributed by atoms with E-state index < -0.39 is 0 Å². The summed E-state index contributed by atoms with van der Waals surface area (Å²) in [6.45, 7) is 8.92. The van der Waals surface area contributed by atoms with Gasteiger partial charge in [0.15, 0.2) is 6.61 Å². The lowest BCUT2D eigenvalue weighted by atomic mass is 9.86. The van der Waals surface area contributed by atoms with Crippen molar-refractivity contribution < 1.29 is 19.0 Å². The lowest BCUT2D eigenvalue weighted by Crippen LogP contribution is -2.35. The Kier molecular flexibility index (Phi) is 5.82. The van der Waals surface area contributed by atoms with Gasteiger partial charge in [0.05, 0.1) is 19.8 Å². The van der Waals surface area contributed by atoms with Crippen molar-refractivity contribution in [3.8, 4) is 17.2 Å². The smallest absolute Gasteiger partial charge is 0.258 e. The summed E-state index contributed by atoms with van der Waals surface area (Å²) in [5.41, 5.74) is 3.05. The van der Waals surface area contributed by atoms with Gasteiger partial charge in [0, 0.05) is 17.5 Å². The van der Waals surface area contributed by atoms with Gasteiger partial charge in [-0.15, -0.1) is 0 Å². The number of aryl methyl sites for hydroxylation is 1. The van der Waals surface area contributed by atoms with Crippen molar-refractivity contribution in [2.75, 3.05) is 20.3 Å². The van der Waals surface area contributed by atoms with Gasteiger partial charge in [-0.1, -0.05) is 38.5 Å². The van der Waals surface area contributed by atoms with Crippen LogP contribution >= 0.6 is 0 Å². The van der Waals surface area contributed by atoms with Gasteiger partial charge in [-0.05, 0) is 36.6 Å². The summed E-state index contributed by atoms with van der Waals surface area (Å²) in [6.07, 6.45) is 0.748. The molecule has 2 aromatic rings. The number of rotatable bonds is 5. The molecule has 0 spiro atoms. The third kappa shape index (κ3) is 4.58. The zero-order chi connectivity index (χ0) is 20.3. The Bertz CT molecular complexity index is 854. The van der Waals surface area contributed by atoms with Crippen molar-refractivity contribution >= 4 is 5.91 Å². The molecule has 1 N–H and O–H groups in total. The molecule has 0 saturated heterocycles. The summed E-state index contributed by atoms with van der Waals surface area (Å²) in [5.74, 6) is 2.17. The summed E-state index contributed by atoms with van der Waals surface area (Å²) in [4.78, 5) is 12.6. The van der Waals surface area contributed by atoms with E-state index >= 15 is 0 Å². The first-order valence-electron chi connectivity index (χ1n) is 9.62. The minimum Gasteiger partial charge on any atom is -0.497 e. The summed E-state index contributed by atoms with van der Waals surface area (Å²) in [5, 5.41) is 3.08. The van der Waals surface area contributed by atoms with E-state index in [4.69, 9.17) is 14.2 Å². The molecule has 1 aliphatic rings. The molecule has 1 unspecified atom stereocenters. The third-order valence-corrected chi connectivity index (χ3v) is 4.89. The van der Waals surface area contributed by atoms with Crippen molar-refractivity contribution in [3.63, 3.8) is 0 Å². The second-order valence-electron chi connectivity index (χ2n) is 8.20. The molecular formula is C23H29NO4. The van der Waals surface area contributed by atoms with Crippen LogP contribution in [0.15, 0.2) is 36.4 Å². The maximum Gasteiger partial charge on any atom is 0.258 e. The molecule has 0 aromatic heterocycles. The first-order chi connectivity index (χ1) is 13.3. The second kappa shape index (κ2) is 8.13. The predicted molar refractivity (Wildman–Crippen MR) is 109 cm³/mol. The lowest BCUT2D eigenvalue weighted by molar-refractivity contribution is -0.124. The molecule has 0 bridgehead atoms. The number of carbonyl (C=O) groups is 1. The van der Waals surface area contributed by atoms with Crippen LogP contribution in [-0.4, -0.2) is 26.2 Å². The highest BCUT2D eigenvalue weighted by Gasteiger charge is 2.24. The maximum atomic E-state index is 12.6. The fraction of sp³-hybridized carbons (Fsp3) is 0.435. The highest BCUT2D eigenvalue weighted by Crippen LogP contribution is 2.35. The third-order valence-electron chi connectivity index (χ3n) is 4.89. The largest absolute Gasteiger partial charge is 0.497 e. The van der Waals surface area contributed by atoms with Gasteiger partial charge < -0.3 is 19.5 Å². The van der Waals surface area contributed by atoms with Crippen molar-refractivity contribution in [1.29, 1.82) is 0 Å². The summed E-state index contributed by atoms with van der Waals surface area (Å²) >= 11 is 0. The molecule has 0 radical (unpaired) electrons. The van der Waals surface area contributed by atoms with Crippen LogP contribution in [0, 0.1) is 6.92 Å². The Hall–Kier alpha value is -2.69. The number of methoxy groups -OCH3 is 1. The Labute approximate surface area is 167 Å². The fourth-order valence-corrected chi connectivity index (χ4v) is 3.39. The molecule has 3 rings (SSSR count). The molecule has 0 fully saturated rings. The van der Waals surface area contributed by atoms with E-state index in [1.54, 1.807) is 7.11 Å². The van der Waals surface area contributed by atoms with Gasteiger partial charge in [0.25, 0.3) is 5.91 Å². The quantitative estimate of drug-likeness (QED) is 0.835. The van der Waals surface area contributed by atoms with Crippen molar-refractivity contribution in [1.82, 2.24) is 5.32 Å². The number of ether oxygens (including phenoxy) is 3. The minimum atomic E-state index is -0.143. The summed E-state index contributed by atoms with van der Waals surface area (Å²) in [7, 11) is 1.64. The van der Waals surface area contributed by atoms with E-state index in [1.807, 2.05) is 37.3 Å². The van der Waals surface area contributed by atoms with E-state index in [-0.39, 0.29) is 24.0 Å². The monoisotopic (exact) mass is 383 g/mol. The zero-order valence-electron chi connectivity index (χ0n) is 17.3. The SMILES string of the molecule is COc1ccc(OCC(=O)NC2CCOc3ccc(C)cc32)c(C(C)(C)C)c1. The van der Waals surface area contributed by atoms with Crippen molar-refractivity contribution in [3.05, 3.63) is 53.1 Å². The predicted octanol–water partition coefficient (Wildman–Crippen LogP) is 4.32.